The quantitative estimate of drug-likeness (QED) is 0.0123. The first kappa shape index (κ1) is 76.6. The summed E-state index contributed by atoms with van der Waals surface area (Å²) >= 11 is 0. The SMILES string of the molecule is C#C.CC.CC.CCCNCC1=Cc2ncc(N3CCCCC3)cc2N=C(C)C1.CNC.O=CCCOCCOCCOCCOCCOCCOCCOCCOCCOCCOCCC(=O)Oc1c(F)c(F)cc(F)c1F. The summed E-state index contributed by atoms with van der Waals surface area (Å²) in [7, 11) is 3.75. The Morgan fingerprint density at radius 2 is 1.05 bits per heavy atom. The third-order valence-corrected chi connectivity index (χ3v) is 9.98. The largest absolute Gasteiger partial charge is 0.420 e. The third-order valence-electron chi connectivity index (χ3n) is 9.98. The Morgan fingerprint density at radius 3 is 1.46 bits per heavy atom. The third kappa shape index (κ3) is 41.2. The molecule has 0 aliphatic carbocycles. The van der Waals surface area contributed by atoms with E-state index in [-0.39, 0.29) is 25.9 Å². The Labute approximate surface area is 469 Å². The summed E-state index contributed by atoms with van der Waals surface area (Å²) in [5.74, 6) is -9.49. The van der Waals surface area contributed by atoms with Gasteiger partial charge in [0.15, 0.2) is 11.6 Å². The van der Waals surface area contributed by atoms with Crippen LogP contribution in [0.3, 0.4) is 0 Å². The summed E-state index contributed by atoms with van der Waals surface area (Å²) in [6.45, 7) is 24.0. The predicted octanol–water partition coefficient (Wildman–Crippen LogP) is 8.38. The number of pyridine rings is 1. The van der Waals surface area contributed by atoms with Gasteiger partial charge in [-0.15, -0.1) is 12.8 Å². The standard InChI is InChI=1S/C30H46F4O13.C19H28N4.C2H7N.2C2H6.C2H2/c31-25-24-26(32)29(34)30(28(25)33)47-27(36)2-5-38-7-9-40-11-13-42-15-17-44-19-21-46-23-22-45-20-18-43-16-14-41-12-10-39-8-6-37-4-1-3-35;1-3-7-20-13-16-10-15(2)22-19-12-17(14-21-18(19)11-16)23-8-5-4-6-9-23;1-3-2;3*1-2/h3,24H,1-2,4-23H2;11-12,14,20H,3-10,13H2,1-2H3;3H,1-2H3;2*1-2H3;1-2H. The number of carbonyl (C=O) groups is 2. The van der Waals surface area contributed by atoms with Crippen LogP contribution in [0.15, 0.2) is 28.9 Å². The van der Waals surface area contributed by atoms with Crippen molar-refractivity contribution in [2.24, 2.45) is 4.99 Å². The van der Waals surface area contributed by atoms with E-state index in [1.54, 1.807) is 0 Å². The molecule has 0 atom stereocenters. The van der Waals surface area contributed by atoms with Crippen molar-refractivity contribution in [1.29, 1.82) is 0 Å². The Bertz CT molecular complexity index is 1840. The van der Waals surface area contributed by atoms with Crippen LogP contribution in [-0.2, 0) is 57.0 Å². The molecule has 1 saturated heterocycles. The van der Waals surface area contributed by atoms with E-state index in [2.05, 4.69) is 59.1 Å². The summed E-state index contributed by atoms with van der Waals surface area (Å²) in [4.78, 5) is 33.7. The minimum Gasteiger partial charge on any atom is -0.420 e. The second-order valence-electron chi connectivity index (χ2n) is 16.2. The first-order valence-electron chi connectivity index (χ1n) is 27.5. The highest BCUT2D eigenvalue weighted by Gasteiger charge is 2.23. The molecule has 1 fully saturated rings. The van der Waals surface area contributed by atoms with Crippen LogP contribution in [0, 0.1) is 36.1 Å². The monoisotopic (exact) mass is 1130 g/mol. The first-order chi connectivity index (χ1) is 38.6. The van der Waals surface area contributed by atoms with Gasteiger partial charge >= 0.3 is 5.97 Å². The van der Waals surface area contributed by atoms with Crippen LogP contribution in [0.25, 0.3) is 6.08 Å². The van der Waals surface area contributed by atoms with Crippen molar-refractivity contribution >= 4 is 35.4 Å². The lowest BCUT2D eigenvalue weighted by Crippen LogP contribution is -2.29. The lowest BCUT2D eigenvalue weighted by Gasteiger charge is -2.28. The lowest BCUT2D eigenvalue weighted by molar-refractivity contribution is -0.136. The van der Waals surface area contributed by atoms with Gasteiger partial charge in [0, 0.05) is 44.3 Å². The molecule has 0 bridgehead atoms. The van der Waals surface area contributed by atoms with Crippen molar-refractivity contribution in [2.45, 2.75) is 86.5 Å². The number of anilines is 1. The van der Waals surface area contributed by atoms with Crippen LogP contribution in [0.2, 0.25) is 0 Å². The van der Waals surface area contributed by atoms with Crippen molar-refractivity contribution in [1.82, 2.24) is 15.6 Å². The van der Waals surface area contributed by atoms with Crippen molar-refractivity contribution in [3.8, 4) is 18.6 Å². The number of halogens is 4. The number of ether oxygens (including phenoxy) is 11. The molecule has 2 N–H and O–H groups in total. The lowest BCUT2D eigenvalue weighted by atomic mass is 10.1. The fourth-order valence-electron chi connectivity index (χ4n) is 6.51. The number of terminal acetylenes is 1. The molecule has 79 heavy (non-hydrogen) atoms. The second-order valence-corrected chi connectivity index (χ2v) is 16.2. The van der Waals surface area contributed by atoms with Gasteiger partial charge in [-0.05, 0) is 71.0 Å². The van der Waals surface area contributed by atoms with Gasteiger partial charge in [0.1, 0.15) is 6.29 Å². The zero-order valence-corrected chi connectivity index (χ0v) is 48.6. The minimum absolute atomic E-state index is 0.0161. The molecule has 0 amide bonds. The van der Waals surface area contributed by atoms with E-state index in [0.717, 1.165) is 56.7 Å². The van der Waals surface area contributed by atoms with Crippen LogP contribution in [0.5, 0.6) is 5.75 Å². The van der Waals surface area contributed by atoms with Gasteiger partial charge in [-0.2, -0.15) is 8.78 Å². The number of aliphatic imine (C=N–C) groups is 1. The average Bonchev–Trinajstić information content (AvgIpc) is 3.65. The number of carbonyl (C=O) groups excluding carboxylic acids is 2. The van der Waals surface area contributed by atoms with E-state index < -0.39 is 41.4 Å². The van der Waals surface area contributed by atoms with Crippen molar-refractivity contribution in [2.75, 3.05) is 177 Å². The molecule has 18 nitrogen and oxygen atoms in total. The van der Waals surface area contributed by atoms with Gasteiger partial charge < -0.3 is 72.4 Å². The van der Waals surface area contributed by atoms with Crippen LogP contribution < -0.4 is 20.3 Å². The molecular formula is C57H95F4N5O13. The van der Waals surface area contributed by atoms with Gasteiger partial charge in [-0.3, -0.25) is 14.8 Å². The van der Waals surface area contributed by atoms with Gasteiger partial charge in [0.25, 0.3) is 0 Å². The molecule has 0 unspecified atom stereocenters. The number of rotatable bonds is 39. The molecule has 454 valence electrons. The average molecular weight is 1130 g/mol. The Morgan fingerprint density at radius 1 is 0.646 bits per heavy atom. The summed E-state index contributed by atoms with van der Waals surface area (Å²) in [6, 6.07) is 2.23. The molecule has 1 aromatic carbocycles. The summed E-state index contributed by atoms with van der Waals surface area (Å²) < 4.78 is 111. The van der Waals surface area contributed by atoms with Gasteiger partial charge in [0.2, 0.25) is 17.4 Å². The molecular weight excluding hydrogens is 1040 g/mol. The Balaban J connectivity index is 0. The Hall–Kier alpha value is -4.48. The first-order valence-corrected chi connectivity index (χ1v) is 27.5. The van der Waals surface area contributed by atoms with E-state index in [1.807, 2.05) is 48.0 Å². The minimum atomic E-state index is -1.79. The highest BCUT2D eigenvalue weighted by Crippen LogP contribution is 2.31. The molecule has 0 saturated carbocycles. The number of hydrogen-bond donors (Lipinski definition) is 2. The number of aromatic nitrogens is 1. The smallest absolute Gasteiger partial charge is 0.313 e. The summed E-state index contributed by atoms with van der Waals surface area (Å²) in [5, 5.41) is 6.24. The second kappa shape index (κ2) is 56.8. The predicted molar refractivity (Wildman–Crippen MR) is 302 cm³/mol. The van der Waals surface area contributed by atoms with Gasteiger partial charge in [0.05, 0.1) is 162 Å². The molecule has 2 aliphatic heterocycles. The number of piperidine rings is 1. The molecule has 4 rings (SSSR count). The summed E-state index contributed by atoms with van der Waals surface area (Å²) in [6.07, 6.45) is 19.1. The fraction of sp³-hybridized carbons (Fsp3) is 0.684. The molecule has 3 heterocycles. The van der Waals surface area contributed by atoms with Gasteiger partial charge in [-0.25, -0.2) is 8.78 Å². The van der Waals surface area contributed by atoms with Crippen molar-refractivity contribution in [3.63, 3.8) is 0 Å². The van der Waals surface area contributed by atoms with E-state index in [4.69, 9.17) is 57.3 Å². The normalized spacial score (nSPS) is 12.4. The van der Waals surface area contributed by atoms with E-state index in [9.17, 15) is 27.2 Å². The number of fused-ring (bicyclic) bond motifs is 1. The highest BCUT2D eigenvalue weighted by molar-refractivity contribution is 5.91. The van der Waals surface area contributed by atoms with Crippen molar-refractivity contribution < 1.29 is 79.3 Å². The maximum absolute atomic E-state index is 13.5. The maximum atomic E-state index is 13.5. The van der Waals surface area contributed by atoms with Crippen molar-refractivity contribution in [3.05, 3.63) is 52.9 Å². The molecule has 0 radical (unpaired) electrons. The Kier molecular flexibility index (Phi) is 55.0. The van der Waals surface area contributed by atoms with E-state index in [0.29, 0.717) is 119 Å². The van der Waals surface area contributed by atoms with E-state index in [1.165, 1.54) is 36.2 Å². The number of nitrogens with zero attached hydrogens (tertiary/aromatic N) is 3. The van der Waals surface area contributed by atoms with Crippen LogP contribution in [-0.4, -0.2) is 195 Å². The molecule has 2 aromatic rings. The number of nitrogens with one attached hydrogen (secondary N) is 2. The van der Waals surface area contributed by atoms with Crippen LogP contribution >= 0.6 is 0 Å². The highest BCUT2D eigenvalue weighted by atomic mass is 19.2. The number of hydrogen-bond acceptors (Lipinski definition) is 18. The number of esters is 1. The summed E-state index contributed by atoms with van der Waals surface area (Å²) in [5.41, 5.74) is 5.80. The molecule has 2 aliphatic rings. The van der Waals surface area contributed by atoms with E-state index >= 15 is 0 Å². The van der Waals surface area contributed by atoms with Crippen LogP contribution in [0.4, 0.5) is 28.9 Å². The molecule has 22 heteroatoms. The van der Waals surface area contributed by atoms with Gasteiger partial charge in [-0.1, -0.05) is 34.6 Å². The number of benzene rings is 1. The topological polar surface area (TPSA) is 188 Å². The van der Waals surface area contributed by atoms with Crippen LogP contribution in [0.1, 0.15) is 92.2 Å². The molecule has 0 spiro atoms. The fourth-order valence-corrected chi connectivity index (χ4v) is 6.51. The zero-order chi connectivity index (χ0) is 59.0. The number of aldehydes is 1. The molecule has 1 aromatic heterocycles. The zero-order valence-electron chi connectivity index (χ0n) is 48.6. The maximum Gasteiger partial charge on any atom is 0.313 e.